The predicted octanol–water partition coefficient (Wildman–Crippen LogP) is 6.42. The molecule has 0 amide bonds. The van der Waals surface area contributed by atoms with Gasteiger partial charge in [-0.15, -0.1) is 0 Å². The average Bonchev–Trinajstić information content (AvgIpc) is 2.69. The first-order chi connectivity index (χ1) is 12.6. The van der Waals surface area contributed by atoms with E-state index in [1.807, 2.05) is 92.7 Å². The van der Waals surface area contributed by atoms with Crippen molar-refractivity contribution in [2.45, 2.75) is 13.8 Å². The molecular formula is C23H19IO2. The number of halogens is 1. The number of rotatable bonds is 4. The molecule has 3 rings (SSSR count). The minimum Gasteiger partial charge on any atom is -0.421 e. The van der Waals surface area contributed by atoms with Crippen molar-refractivity contribution in [3.63, 3.8) is 0 Å². The van der Waals surface area contributed by atoms with Crippen LogP contribution in [-0.2, 0) is 4.74 Å². The summed E-state index contributed by atoms with van der Waals surface area (Å²) in [6, 6.07) is 25.3. The van der Waals surface area contributed by atoms with Crippen molar-refractivity contribution in [1.29, 1.82) is 0 Å². The molecule has 130 valence electrons. The lowest BCUT2D eigenvalue weighted by atomic mass is 10.1. The molecule has 0 atom stereocenters. The lowest BCUT2D eigenvalue weighted by Crippen LogP contribution is -2.06. The number of benzene rings is 3. The summed E-state index contributed by atoms with van der Waals surface area (Å²) in [4.78, 5) is 12.8. The Hall–Kier alpha value is -2.40. The third-order valence-electron chi connectivity index (χ3n) is 4.20. The van der Waals surface area contributed by atoms with Crippen molar-refractivity contribution >= 4 is 37.9 Å². The Morgan fingerprint density at radius 3 is 1.88 bits per heavy atom. The Labute approximate surface area is 167 Å². The van der Waals surface area contributed by atoms with Crippen LogP contribution in [0, 0.1) is 13.8 Å². The second-order valence-electron chi connectivity index (χ2n) is 6.06. The first-order valence-corrected chi connectivity index (χ1v) is 9.44. The Morgan fingerprint density at radius 1 is 0.731 bits per heavy atom. The minimum atomic E-state index is -0.350. The normalized spacial score (nSPS) is 11.7. The van der Waals surface area contributed by atoms with Crippen LogP contribution in [0.2, 0.25) is 0 Å². The van der Waals surface area contributed by atoms with E-state index >= 15 is 0 Å². The molecule has 0 bridgehead atoms. The van der Waals surface area contributed by atoms with Crippen LogP contribution < -0.4 is 0 Å². The second-order valence-corrected chi connectivity index (χ2v) is 7.14. The maximum absolute atomic E-state index is 12.8. The highest BCUT2D eigenvalue weighted by Gasteiger charge is 2.17. The number of hydrogen-bond acceptors (Lipinski definition) is 2. The Kier molecular flexibility index (Phi) is 5.89. The van der Waals surface area contributed by atoms with Gasteiger partial charge in [0.2, 0.25) is 0 Å². The van der Waals surface area contributed by atoms with Crippen molar-refractivity contribution in [1.82, 2.24) is 0 Å². The molecule has 0 aromatic heterocycles. The first-order valence-electron chi connectivity index (χ1n) is 8.36. The van der Waals surface area contributed by atoms with E-state index in [9.17, 15) is 4.79 Å². The summed E-state index contributed by atoms with van der Waals surface area (Å²) in [5.74, 6) is 0.220. The zero-order chi connectivity index (χ0) is 18.5. The summed E-state index contributed by atoms with van der Waals surface area (Å²) in [6.07, 6.45) is 0. The van der Waals surface area contributed by atoms with Crippen LogP contribution in [0.3, 0.4) is 0 Å². The third kappa shape index (κ3) is 4.22. The van der Waals surface area contributed by atoms with Crippen molar-refractivity contribution in [2.75, 3.05) is 0 Å². The SMILES string of the molecule is Cc1ccc(C(=O)O/C(=C(/I)c2ccccc2)c2ccccc2)cc1C. The topological polar surface area (TPSA) is 26.3 Å². The molecule has 3 aromatic carbocycles. The molecule has 0 unspecified atom stereocenters. The van der Waals surface area contributed by atoms with Crippen molar-refractivity contribution in [3.8, 4) is 0 Å². The van der Waals surface area contributed by atoms with E-state index in [0.717, 1.165) is 25.8 Å². The fourth-order valence-corrected chi connectivity index (χ4v) is 3.34. The fourth-order valence-electron chi connectivity index (χ4n) is 2.56. The molecule has 0 aliphatic carbocycles. The molecule has 0 saturated heterocycles. The van der Waals surface area contributed by atoms with Gasteiger partial charge in [-0.3, -0.25) is 0 Å². The standard InChI is InChI=1S/C23H19IO2/c1-16-13-14-20(15-17(16)2)23(25)26-22(19-11-7-4-8-12-19)21(24)18-9-5-3-6-10-18/h3-15H,1-2H3/b22-21+. The highest BCUT2D eigenvalue weighted by molar-refractivity contribution is 14.1. The molecule has 0 N–H and O–H groups in total. The van der Waals surface area contributed by atoms with Gasteiger partial charge in [-0.05, 0) is 65.3 Å². The first kappa shape index (κ1) is 18.4. The van der Waals surface area contributed by atoms with Crippen molar-refractivity contribution in [2.24, 2.45) is 0 Å². The molecule has 2 nitrogen and oxygen atoms in total. The molecule has 0 aliphatic rings. The van der Waals surface area contributed by atoms with Gasteiger partial charge in [0.15, 0.2) is 5.76 Å². The van der Waals surface area contributed by atoms with Gasteiger partial charge in [-0.2, -0.15) is 0 Å². The van der Waals surface area contributed by atoms with Gasteiger partial charge in [-0.25, -0.2) is 4.79 Å². The lowest BCUT2D eigenvalue weighted by molar-refractivity contribution is 0.0693. The molecule has 0 saturated carbocycles. The molecule has 26 heavy (non-hydrogen) atoms. The highest BCUT2D eigenvalue weighted by Crippen LogP contribution is 2.33. The van der Waals surface area contributed by atoms with E-state index in [-0.39, 0.29) is 5.97 Å². The molecule has 0 radical (unpaired) electrons. The van der Waals surface area contributed by atoms with Crippen LogP contribution >= 0.6 is 22.6 Å². The largest absolute Gasteiger partial charge is 0.421 e. The zero-order valence-electron chi connectivity index (χ0n) is 14.7. The summed E-state index contributed by atoms with van der Waals surface area (Å²) in [5, 5.41) is 0. The van der Waals surface area contributed by atoms with E-state index < -0.39 is 0 Å². The smallest absolute Gasteiger partial charge is 0.343 e. The number of ether oxygens (including phenoxy) is 1. The Balaban J connectivity index is 2.02. The van der Waals surface area contributed by atoms with Crippen LogP contribution in [0.4, 0.5) is 0 Å². The summed E-state index contributed by atoms with van der Waals surface area (Å²) >= 11 is 2.24. The van der Waals surface area contributed by atoms with Gasteiger partial charge >= 0.3 is 5.97 Å². The van der Waals surface area contributed by atoms with Crippen molar-refractivity contribution < 1.29 is 9.53 Å². The molecule has 3 aromatic rings. The second kappa shape index (κ2) is 8.32. The minimum absolute atomic E-state index is 0.350. The Morgan fingerprint density at radius 2 is 1.31 bits per heavy atom. The summed E-state index contributed by atoms with van der Waals surface area (Å²) in [7, 11) is 0. The maximum Gasteiger partial charge on any atom is 0.343 e. The summed E-state index contributed by atoms with van der Waals surface area (Å²) in [6.45, 7) is 4.02. The number of esters is 1. The number of hydrogen-bond donors (Lipinski definition) is 0. The Bertz CT molecular complexity index is 944. The fraction of sp³-hybridized carbons (Fsp3) is 0.0870. The molecule has 0 fully saturated rings. The predicted molar refractivity (Wildman–Crippen MR) is 115 cm³/mol. The van der Waals surface area contributed by atoms with E-state index in [2.05, 4.69) is 22.6 Å². The van der Waals surface area contributed by atoms with Gasteiger partial charge in [0.1, 0.15) is 0 Å². The maximum atomic E-state index is 12.8. The zero-order valence-corrected chi connectivity index (χ0v) is 16.9. The lowest BCUT2D eigenvalue weighted by Gasteiger charge is -2.13. The van der Waals surface area contributed by atoms with E-state index in [1.54, 1.807) is 0 Å². The van der Waals surface area contributed by atoms with Gasteiger partial charge in [0.05, 0.1) is 9.14 Å². The van der Waals surface area contributed by atoms with Gasteiger partial charge in [-0.1, -0.05) is 66.7 Å². The monoisotopic (exact) mass is 454 g/mol. The summed E-state index contributed by atoms with van der Waals surface area (Å²) in [5.41, 5.74) is 4.67. The van der Waals surface area contributed by atoms with Crippen LogP contribution in [-0.4, -0.2) is 5.97 Å². The number of aryl methyl sites for hydroxylation is 2. The molecule has 3 heteroatoms. The van der Waals surface area contributed by atoms with Crippen molar-refractivity contribution in [3.05, 3.63) is 107 Å². The van der Waals surface area contributed by atoms with Crippen LogP contribution in [0.1, 0.15) is 32.6 Å². The van der Waals surface area contributed by atoms with Gasteiger partial charge < -0.3 is 4.74 Å². The summed E-state index contributed by atoms with van der Waals surface area (Å²) < 4.78 is 6.76. The molecule has 0 aliphatic heterocycles. The van der Waals surface area contributed by atoms with Crippen LogP contribution in [0.25, 0.3) is 9.34 Å². The van der Waals surface area contributed by atoms with E-state index in [1.165, 1.54) is 0 Å². The van der Waals surface area contributed by atoms with E-state index in [4.69, 9.17) is 4.74 Å². The van der Waals surface area contributed by atoms with Gasteiger partial charge in [0.25, 0.3) is 0 Å². The molecule has 0 spiro atoms. The molecule has 0 heterocycles. The highest BCUT2D eigenvalue weighted by atomic mass is 127. The molecular weight excluding hydrogens is 435 g/mol. The van der Waals surface area contributed by atoms with Crippen LogP contribution in [0.5, 0.6) is 0 Å². The van der Waals surface area contributed by atoms with E-state index in [0.29, 0.717) is 11.3 Å². The number of carbonyl (C=O) groups is 1. The number of carbonyl (C=O) groups excluding carboxylic acids is 1. The van der Waals surface area contributed by atoms with Gasteiger partial charge in [0, 0.05) is 5.56 Å². The quantitative estimate of drug-likeness (QED) is 0.197. The average molecular weight is 454 g/mol. The van der Waals surface area contributed by atoms with Crippen LogP contribution in [0.15, 0.2) is 78.9 Å². The third-order valence-corrected chi connectivity index (χ3v) is 5.31.